The van der Waals surface area contributed by atoms with E-state index in [9.17, 15) is 9.59 Å². The maximum atomic E-state index is 12.2. The Kier molecular flexibility index (Phi) is 5.99. The molecule has 23 heavy (non-hydrogen) atoms. The minimum absolute atomic E-state index is 0.141. The fraction of sp³-hybridized carbons (Fsp3) is 0.375. The number of amides is 1. The van der Waals surface area contributed by atoms with Gasteiger partial charge in [0.15, 0.2) is 17.5 Å². The van der Waals surface area contributed by atoms with Gasteiger partial charge in [0.2, 0.25) is 0 Å². The number of fused-ring (bicyclic) bond motifs is 1. The standard InChI is InChI=1S/C16H19NO6/c1-2-6-21-10-12(16(19)20)17-15(18)11-4-5-13-14(9-11)23-8-3-7-22-13/h2,4-5,9,12H,1,3,6-8,10H2,(H,17,18)(H,19,20). The number of rotatable bonds is 7. The van der Waals surface area contributed by atoms with E-state index in [1.165, 1.54) is 6.08 Å². The molecule has 7 heteroatoms. The Labute approximate surface area is 133 Å². The first-order valence-corrected chi connectivity index (χ1v) is 7.23. The van der Waals surface area contributed by atoms with Gasteiger partial charge in [-0.3, -0.25) is 4.79 Å². The van der Waals surface area contributed by atoms with E-state index in [0.717, 1.165) is 6.42 Å². The summed E-state index contributed by atoms with van der Waals surface area (Å²) in [5.74, 6) is -0.639. The molecule has 1 aromatic carbocycles. The van der Waals surface area contributed by atoms with Crippen molar-refractivity contribution in [3.8, 4) is 11.5 Å². The van der Waals surface area contributed by atoms with Crippen LogP contribution in [0.1, 0.15) is 16.8 Å². The van der Waals surface area contributed by atoms with Gasteiger partial charge in [-0.15, -0.1) is 6.58 Å². The summed E-state index contributed by atoms with van der Waals surface area (Å²) in [7, 11) is 0. The summed E-state index contributed by atoms with van der Waals surface area (Å²) >= 11 is 0. The summed E-state index contributed by atoms with van der Waals surface area (Å²) < 4.78 is 16.1. The monoisotopic (exact) mass is 321 g/mol. The molecule has 0 aliphatic carbocycles. The number of aliphatic carboxylic acids is 1. The Morgan fingerprint density at radius 3 is 2.78 bits per heavy atom. The number of carbonyl (C=O) groups excluding carboxylic acids is 1. The largest absolute Gasteiger partial charge is 0.490 e. The minimum atomic E-state index is -1.17. The molecule has 1 unspecified atom stereocenters. The zero-order valence-electron chi connectivity index (χ0n) is 12.6. The van der Waals surface area contributed by atoms with E-state index < -0.39 is 17.9 Å². The maximum Gasteiger partial charge on any atom is 0.328 e. The predicted octanol–water partition coefficient (Wildman–Crippen LogP) is 1.23. The summed E-state index contributed by atoms with van der Waals surface area (Å²) in [4.78, 5) is 23.4. The van der Waals surface area contributed by atoms with E-state index in [1.54, 1.807) is 18.2 Å². The first-order valence-electron chi connectivity index (χ1n) is 7.23. The average Bonchev–Trinajstić information content (AvgIpc) is 2.78. The highest BCUT2D eigenvalue weighted by atomic mass is 16.5. The number of nitrogens with one attached hydrogen (secondary N) is 1. The highest BCUT2D eigenvalue weighted by Crippen LogP contribution is 2.30. The number of carbonyl (C=O) groups is 2. The van der Waals surface area contributed by atoms with Crippen molar-refractivity contribution in [3.05, 3.63) is 36.4 Å². The molecule has 1 atom stereocenters. The molecule has 0 saturated heterocycles. The van der Waals surface area contributed by atoms with Crippen molar-refractivity contribution in [2.45, 2.75) is 12.5 Å². The van der Waals surface area contributed by atoms with Crippen LogP contribution < -0.4 is 14.8 Å². The normalized spacial score (nSPS) is 14.4. The highest BCUT2D eigenvalue weighted by molar-refractivity contribution is 5.97. The lowest BCUT2D eigenvalue weighted by atomic mass is 10.1. The third-order valence-corrected chi connectivity index (χ3v) is 3.13. The second kappa shape index (κ2) is 8.19. The SMILES string of the molecule is C=CCOCC(NC(=O)c1ccc2c(c1)OCCCO2)C(=O)O. The molecule has 0 fully saturated rings. The van der Waals surface area contributed by atoms with Crippen molar-refractivity contribution in [2.75, 3.05) is 26.4 Å². The first-order chi connectivity index (χ1) is 11.1. The molecule has 0 saturated carbocycles. The van der Waals surface area contributed by atoms with Crippen molar-refractivity contribution in [1.82, 2.24) is 5.32 Å². The summed E-state index contributed by atoms with van der Waals surface area (Å²) in [5.41, 5.74) is 0.296. The molecule has 0 aromatic heterocycles. The van der Waals surface area contributed by atoms with Gasteiger partial charge >= 0.3 is 5.97 Å². The average molecular weight is 321 g/mol. The van der Waals surface area contributed by atoms with Gasteiger partial charge in [-0.2, -0.15) is 0 Å². The van der Waals surface area contributed by atoms with Gasteiger partial charge in [0, 0.05) is 12.0 Å². The molecule has 0 radical (unpaired) electrons. The van der Waals surface area contributed by atoms with Gasteiger partial charge in [-0.25, -0.2) is 4.79 Å². The summed E-state index contributed by atoms with van der Waals surface area (Å²) in [5, 5.41) is 11.6. The van der Waals surface area contributed by atoms with Gasteiger partial charge in [-0.1, -0.05) is 6.08 Å². The molecule has 7 nitrogen and oxygen atoms in total. The molecular weight excluding hydrogens is 302 g/mol. The molecule has 1 heterocycles. The molecule has 0 bridgehead atoms. The lowest BCUT2D eigenvalue weighted by Crippen LogP contribution is -2.44. The van der Waals surface area contributed by atoms with Crippen LogP contribution >= 0.6 is 0 Å². The third kappa shape index (κ3) is 4.72. The zero-order valence-corrected chi connectivity index (χ0v) is 12.6. The van der Waals surface area contributed by atoms with Crippen molar-refractivity contribution in [1.29, 1.82) is 0 Å². The predicted molar refractivity (Wildman–Crippen MR) is 82.0 cm³/mol. The number of ether oxygens (including phenoxy) is 3. The molecule has 2 rings (SSSR count). The molecule has 124 valence electrons. The number of benzene rings is 1. The van der Waals surface area contributed by atoms with Crippen molar-refractivity contribution in [2.24, 2.45) is 0 Å². The van der Waals surface area contributed by atoms with Gasteiger partial charge in [0.1, 0.15) is 0 Å². The van der Waals surface area contributed by atoms with Crippen LogP contribution in [0.3, 0.4) is 0 Å². The number of hydrogen-bond donors (Lipinski definition) is 2. The molecule has 1 aliphatic heterocycles. The highest BCUT2D eigenvalue weighted by Gasteiger charge is 2.22. The van der Waals surface area contributed by atoms with Crippen LogP contribution in [0.2, 0.25) is 0 Å². The summed E-state index contributed by atoms with van der Waals surface area (Å²) in [6, 6.07) is 3.60. The second-order valence-electron chi connectivity index (χ2n) is 4.90. The van der Waals surface area contributed by atoms with E-state index in [0.29, 0.717) is 30.3 Å². The van der Waals surface area contributed by atoms with Crippen molar-refractivity contribution < 1.29 is 28.9 Å². The van der Waals surface area contributed by atoms with E-state index in [1.807, 2.05) is 0 Å². The molecule has 1 aromatic rings. The topological polar surface area (TPSA) is 94.1 Å². The van der Waals surface area contributed by atoms with Crippen LogP contribution in [0.5, 0.6) is 11.5 Å². The number of hydrogen-bond acceptors (Lipinski definition) is 5. The molecule has 0 spiro atoms. The van der Waals surface area contributed by atoms with Gasteiger partial charge in [-0.05, 0) is 18.2 Å². The number of carboxylic acid groups (broad SMARTS) is 1. The third-order valence-electron chi connectivity index (χ3n) is 3.13. The van der Waals surface area contributed by atoms with Crippen molar-refractivity contribution in [3.63, 3.8) is 0 Å². The Morgan fingerprint density at radius 2 is 2.09 bits per heavy atom. The summed E-state index contributed by atoms with van der Waals surface area (Å²) in [6.07, 6.45) is 2.27. The van der Waals surface area contributed by atoms with Crippen LogP contribution in [0, 0.1) is 0 Å². The Morgan fingerprint density at radius 1 is 1.35 bits per heavy atom. The van der Waals surface area contributed by atoms with E-state index in [-0.39, 0.29) is 13.2 Å². The minimum Gasteiger partial charge on any atom is -0.490 e. The van der Waals surface area contributed by atoms with Crippen LogP contribution in [-0.4, -0.2) is 49.5 Å². The molecule has 1 amide bonds. The van der Waals surface area contributed by atoms with E-state index in [4.69, 9.17) is 19.3 Å². The first kappa shape index (κ1) is 16.8. The van der Waals surface area contributed by atoms with Crippen molar-refractivity contribution >= 4 is 11.9 Å². The fourth-order valence-corrected chi connectivity index (χ4v) is 1.99. The lowest BCUT2D eigenvalue weighted by molar-refractivity contribution is -0.140. The van der Waals surface area contributed by atoms with Gasteiger partial charge < -0.3 is 24.6 Å². The maximum absolute atomic E-state index is 12.2. The quantitative estimate of drug-likeness (QED) is 0.579. The van der Waals surface area contributed by atoms with Crippen LogP contribution in [0.15, 0.2) is 30.9 Å². The van der Waals surface area contributed by atoms with Gasteiger partial charge in [0.05, 0.1) is 26.4 Å². The molecule has 1 aliphatic rings. The second-order valence-corrected chi connectivity index (χ2v) is 4.90. The summed E-state index contributed by atoms with van der Waals surface area (Å²) in [6.45, 7) is 4.61. The van der Waals surface area contributed by atoms with Crippen LogP contribution in [0.4, 0.5) is 0 Å². The van der Waals surface area contributed by atoms with E-state index >= 15 is 0 Å². The zero-order chi connectivity index (χ0) is 16.7. The van der Waals surface area contributed by atoms with Crippen LogP contribution in [-0.2, 0) is 9.53 Å². The Hall–Kier alpha value is -2.54. The van der Waals surface area contributed by atoms with E-state index in [2.05, 4.69) is 11.9 Å². The fourth-order valence-electron chi connectivity index (χ4n) is 1.99. The Balaban J connectivity index is 2.05. The molecule has 2 N–H and O–H groups in total. The van der Waals surface area contributed by atoms with Gasteiger partial charge in [0.25, 0.3) is 5.91 Å². The molecular formula is C16H19NO6. The van der Waals surface area contributed by atoms with Crippen LogP contribution in [0.25, 0.3) is 0 Å². The lowest BCUT2D eigenvalue weighted by Gasteiger charge is -2.15. The Bertz CT molecular complexity index is 586. The smallest absolute Gasteiger partial charge is 0.328 e. The number of carboxylic acids is 1.